The van der Waals surface area contributed by atoms with E-state index in [1.54, 1.807) is 0 Å². The topological polar surface area (TPSA) is 72.2 Å². The van der Waals surface area contributed by atoms with Crippen molar-refractivity contribution in [3.05, 3.63) is 39.9 Å². The molecule has 112 valence electrons. The van der Waals surface area contributed by atoms with Crippen molar-refractivity contribution in [2.75, 3.05) is 0 Å². The van der Waals surface area contributed by atoms with Gasteiger partial charge in [-0.2, -0.15) is 0 Å². The number of nitrogens with zero attached hydrogens (tertiary/aromatic N) is 1. The molecule has 0 aliphatic heterocycles. The maximum Gasteiger partial charge on any atom is 0.269 e. The van der Waals surface area contributed by atoms with E-state index < -0.39 is 4.92 Å². The van der Waals surface area contributed by atoms with E-state index >= 15 is 0 Å². The van der Waals surface area contributed by atoms with E-state index in [-0.39, 0.29) is 17.6 Å². The molecule has 21 heavy (non-hydrogen) atoms. The summed E-state index contributed by atoms with van der Waals surface area (Å²) in [5.74, 6) is 2.08. The third-order valence-corrected chi connectivity index (χ3v) is 5.13. The Hall–Kier alpha value is -1.91. The zero-order chi connectivity index (χ0) is 15.0. The van der Waals surface area contributed by atoms with Crippen LogP contribution in [0, 0.1) is 27.9 Å². The molecular formula is C16H20N2O3. The number of rotatable bonds is 4. The minimum absolute atomic E-state index is 0.00713. The quantitative estimate of drug-likeness (QED) is 0.683. The Morgan fingerprint density at radius 3 is 2.52 bits per heavy atom. The van der Waals surface area contributed by atoms with Gasteiger partial charge in [-0.3, -0.25) is 14.9 Å². The van der Waals surface area contributed by atoms with Crippen molar-refractivity contribution >= 4 is 11.6 Å². The van der Waals surface area contributed by atoms with Crippen LogP contribution in [0.25, 0.3) is 0 Å². The van der Waals surface area contributed by atoms with Gasteiger partial charge in [0.05, 0.1) is 4.92 Å². The number of carbonyl (C=O) groups is 1. The second kappa shape index (κ2) is 5.47. The number of fused-ring (bicyclic) bond motifs is 2. The molecule has 4 atom stereocenters. The second-order valence-corrected chi connectivity index (χ2v) is 6.40. The number of non-ortho nitro benzene ring substituents is 1. The lowest BCUT2D eigenvalue weighted by molar-refractivity contribution is -0.384. The number of nitro benzene ring substituents is 1. The molecule has 2 fully saturated rings. The average molecular weight is 288 g/mol. The molecule has 1 aromatic carbocycles. The van der Waals surface area contributed by atoms with E-state index in [2.05, 4.69) is 12.2 Å². The molecule has 5 nitrogen and oxygen atoms in total. The van der Waals surface area contributed by atoms with Gasteiger partial charge in [0.15, 0.2) is 0 Å². The Morgan fingerprint density at radius 1 is 1.29 bits per heavy atom. The largest absolute Gasteiger partial charge is 0.349 e. The normalized spacial score (nSPS) is 28.3. The fraction of sp³-hybridized carbons (Fsp3) is 0.562. The predicted octanol–water partition coefficient (Wildman–Crippen LogP) is 3.15. The molecule has 0 unspecified atom stereocenters. The minimum Gasteiger partial charge on any atom is -0.349 e. The fourth-order valence-corrected chi connectivity index (χ4v) is 4.04. The number of hydrogen-bond donors (Lipinski definition) is 1. The molecule has 1 aromatic rings. The Kier molecular flexibility index (Phi) is 3.66. The van der Waals surface area contributed by atoms with Gasteiger partial charge in [0.1, 0.15) is 0 Å². The predicted molar refractivity (Wildman–Crippen MR) is 79.0 cm³/mol. The van der Waals surface area contributed by atoms with E-state index in [0.29, 0.717) is 11.5 Å². The second-order valence-electron chi connectivity index (χ2n) is 6.40. The minimum atomic E-state index is -0.459. The van der Waals surface area contributed by atoms with Crippen molar-refractivity contribution < 1.29 is 9.72 Å². The monoisotopic (exact) mass is 288 g/mol. The first-order valence-electron chi connectivity index (χ1n) is 7.60. The summed E-state index contributed by atoms with van der Waals surface area (Å²) >= 11 is 0. The van der Waals surface area contributed by atoms with Gasteiger partial charge in [-0.1, -0.05) is 6.42 Å². The zero-order valence-electron chi connectivity index (χ0n) is 12.1. The zero-order valence-corrected chi connectivity index (χ0v) is 12.1. The van der Waals surface area contributed by atoms with Crippen LogP contribution in [0.1, 0.15) is 43.0 Å². The molecule has 0 saturated heterocycles. The molecule has 1 N–H and O–H groups in total. The highest BCUT2D eigenvalue weighted by Crippen LogP contribution is 2.49. The number of hydrogen-bond acceptors (Lipinski definition) is 3. The number of nitro groups is 1. The Balaban J connectivity index is 1.61. The van der Waals surface area contributed by atoms with Gasteiger partial charge in [-0.25, -0.2) is 0 Å². The fourth-order valence-electron chi connectivity index (χ4n) is 4.04. The molecule has 2 saturated carbocycles. The van der Waals surface area contributed by atoms with E-state index in [9.17, 15) is 14.9 Å². The van der Waals surface area contributed by atoms with E-state index in [1.807, 2.05) is 0 Å². The third kappa shape index (κ3) is 2.77. The van der Waals surface area contributed by atoms with Gasteiger partial charge in [-0.15, -0.1) is 0 Å². The highest BCUT2D eigenvalue weighted by Gasteiger charge is 2.42. The summed E-state index contributed by atoms with van der Waals surface area (Å²) in [6.07, 6.45) is 5.20. The summed E-state index contributed by atoms with van der Waals surface area (Å²) < 4.78 is 0. The van der Waals surface area contributed by atoms with Crippen molar-refractivity contribution in [1.82, 2.24) is 5.32 Å². The highest BCUT2D eigenvalue weighted by atomic mass is 16.6. The summed E-state index contributed by atoms with van der Waals surface area (Å²) in [7, 11) is 0. The maximum absolute atomic E-state index is 12.2. The molecule has 0 radical (unpaired) electrons. The molecule has 2 aliphatic carbocycles. The molecule has 0 heterocycles. The number of benzene rings is 1. The molecule has 0 aromatic heterocycles. The van der Waals surface area contributed by atoms with Crippen LogP contribution in [0.5, 0.6) is 0 Å². The lowest BCUT2D eigenvalue weighted by atomic mass is 9.84. The first-order chi connectivity index (χ1) is 10.0. The molecule has 2 bridgehead atoms. The molecule has 3 rings (SSSR count). The number of carbonyl (C=O) groups excluding carboxylic acids is 1. The first kappa shape index (κ1) is 14.0. The number of amides is 1. The molecule has 2 aliphatic rings. The van der Waals surface area contributed by atoms with E-state index in [4.69, 9.17) is 0 Å². The van der Waals surface area contributed by atoms with Crippen molar-refractivity contribution in [2.45, 2.75) is 38.6 Å². The van der Waals surface area contributed by atoms with Crippen LogP contribution < -0.4 is 5.32 Å². The third-order valence-electron chi connectivity index (χ3n) is 5.13. The lowest BCUT2D eigenvalue weighted by Gasteiger charge is -2.28. The van der Waals surface area contributed by atoms with Crippen molar-refractivity contribution in [3.8, 4) is 0 Å². The molecule has 5 heteroatoms. The molecular weight excluding hydrogens is 268 g/mol. The smallest absolute Gasteiger partial charge is 0.269 e. The summed E-state index contributed by atoms with van der Waals surface area (Å²) in [5, 5.41) is 13.7. The van der Waals surface area contributed by atoms with Gasteiger partial charge < -0.3 is 5.32 Å². The maximum atomic E-state index is 12.2. The van der Waals surface area contributed by atoms with Crippen LogP contribution in [-0.2, 0) is 0 Å². The van der Waals surface area contributed by atoms with Crippen LogP contribution in [0.3, 0.4) is 0 Å². The standard InChI is InChI=1S/C16H20N2O3/c1-10(15-9-11-2-3-13(15)8-11)17-16(19)12-4-6-14(7-5-12)18(20)21/h4-7,10-11,13,15H,2-3,8-9H2,1H3,(H,17,19)/t10-,11+,13+,15+/m0/s1. The van der Waals surface area contributed by atoms with Crippen LogP contribution in [0.2, 0.25) is 0 Å². The SMILES string of the molecule is C[C@H](NC(=O)c1ccc([N+](=O)[O-])cc1)[C@H]1C[C@@H]2CC[C@@H]1C2. The lowest BCUT2D eigenvalue weighted by Crippen LogP contribution is -2.40. The summed E-state index contributed by atoms with van der Waals surface area (Å²) in [6, 6.07) is 5.94. The van der Waals surface area contributed by atoms with Gasteiger partial charge in [-0.05, 0) is 56.1 Å². The van der Waals surface area contributed by atoms with Gasteiger partial charge in [0.25, 0.3) is 11.6 Å². The summed E-state index contributed by atoms with van der Waals surface area (Å²) in [6.45, 7) is 2.08. The van der Waals surface area contributed by atoms with Crippen LogP contribution in [-0.4, -0.2) is 16.9 Å². The molecule has 1 amide bonds. The van der Waals surface area contributed by atoms with E-state index in [0.717, 1.165) is 11.8 Å². The van der Waals surface area contributed by atoms with Crippen LogP contribution >= 0.6 is 0 Å². The summed E-state index contributed by atoms with van der Waals surface area (Å²) in [4.78, 5) is 22.4. The van der Waals surface area contributed by atoms with Crippen LogP contribution in [0.4, 0.5) is 5.69 Å². The first-order valence-corrected chi connectivity index (χ1v) is 7.60. The van der Waals surface area contributed by atoms with Crippen molar-refractivity contribution in [2.24, 2.45) is 17.8 Å². The van der Waals surface area contributed by atoms with Crippen molar-refractivity contribution in [1.29, 1.82) is 0 Å². The van der Waals surface area contributed by atoms with Gasteiger partial charge in [0.2, 0.25) is 0 Å². The van der Waals surface area contributed by atoms with Crippen molar-refractivity contribution in [3.63, 3.8) is 0 Å². The number of nitrogens with one attached hydrogen (secondary N) is 1. The van der Waals surface area contributed by atoms with Gasteiger partial charge >= 0.3 is 0 Å². The van der Waals surface area contributed by atoms with E-state index in [1.165, 1.54) is 49.9 Å². The average Bonchev–Trinajstić information content (AvgIpc) is 3.10. The molecule has 0 spiro atoms. The Labute approximate surface area is 123 Å². The highest BCUT2D eigenvalue weighted by molar-refractivity contribution is 5.94. The summed E-state index contributed by atoms with van der Waals surface area (Å²) in [5.41, 5.74) is 0.489. The Morgan fingerprint density at radius 2 is 2.00 bits per heavy atom. The Bertz CT molecular complexity index is 555. The van der Waals surface area contributed by atoms with Gasteiger partial charge in [0, 0.05) is 23.7 Å². The van der Waals surface area contributed by atoms with Crippen LogP contribution in [0.15, 0.2) is 24.3 Å².